The summed E-state index contributed by atoms with van der Waals surface area (Å²) in [7, 11) is 0. The maximum Gasteiger partial charge on any atom is 0.325 e. The Morgan fingerprint density at radius 2 is 1.01 bits per heavy atom. The lowest BCUT2D eigenvalue weighted by Crippen LogP contribution is -2.62. The number of nitrogens with one attached hydrogen (secondary N) is 7. The number of ketones is 2. The number of hydrogen-bond acceptors (Lipinski definition) is 23. The number of carbonyl (C=O) groups is 12. The number of fused-ring (bicyclic) bond motifs is 4. The van der Waals surface area contributed by atoms with Crippen LogP contribution in [0, 0.1) is 58.8 Å². The van der Waals surface area contributed by atoms with Crippen LogP contribution in [-0.4, -0.2) is 203 Å². The Hall–Kier alpha value is -10.9. The highest BCUT2D eigenvalue weighted by atomic mass is 19.2. The number of halogens is 4. The molecule has 5 heterocycles. The summed E-state index contributed by atoms with van der Waals surface area (Å²) in [6.45, 7) is 15.6. The Labute approximate surface area is 688 Å². The second-order valence-electron chi connectivity index (χ2n) is 30.8. The first-order valence-corrected chi connectivity index (χ1v) is 39.5. The third-order valence-corrected chi connectivity index (χ3v) is 20.7. The molecule has 7 amide bonds. The zero-order chi connectivity index (χ0) is 88.1. The van der Waals surface area contributed by atoms with E-state index in [-0.39, 0.29) is 87.1 Å². The minimum absolute atomic E-state index is 0.0584. The Balaban J connectivity index is 0.000000374. The van der Waals surface area contributed by atoms with Gasteiger partial charge in [-0.25, -0.2) is 24.6 Å². The molecule has 2 saturated heterocycles. The van der Waals surface area contributed by atoms with Crippen LogP contribution in [0.1, 0.15) is 145 Å². The largest absolute Gasteiger partial charge is 0.505 e. The number of benzene rings is 2. The summed E-state index contributed by atoms with van der Waals surface area (Å²) in [5, 5.41) is 80.2. The second-order valence-corrected chi connectivity index (χ2v) is 30.8. The molecule has 4 aliphatic heterocycles. The number of ether oxygens (including phenoxy) is 2. The molecule has 0 saturated carbocycles. The highest BCUT2D eigenvalue weighted by Gasteiger charge is 2.42. The van der Waals surface area contributed by atoms with Crippen molar-refractivity contribution in [2.24, 2.45) is 35.5 Å². The number of hydrogen-bond donors (Lipinski definition) is 13. The summed E-state index contributed by atoms with van der Waals surface area (Å²) in [4.78, 5) is 163. The minimum Gasteiger partial charge on any atom is -0.505 e. The van der Waals surface area contributed by atoms with Crippen LogP contribution >= 0.6 is 0 Å². The molecule has 3 aromatic rings. The van der Waals surface area contributed by atoms with Crippen LogP contribution in [0.5, 0.6) is 11.5 Å². The fourth-order valence-corrected chi connectivity index (χ4v) is 13.4. The molecule has 1 aromatic heterocycles. The van der Waals surface area contributed by atoms with Crippen molar-refractivity contribution < 1.29 is 115 Å². The van der Waals surface area contributed by atoms with Crippen LogP contribution in [0.3, 0.4) is 0 Å². The summed E-state index contributed by atoms with van der Waals surface area (Å²) in [5.41, 5.74) is 6.55. The summed E-state index contributed by atoms with van der Waals surface area (Å²) in [6.07, 6.45) is 12.7. The Morgan fingerprint density at radius 1 is 0.588 bits per heavy atom. The number of aldehydes is 1. The molecule has 4 bridgehead atoms. The van der Waals surface area contributed by atoms with E-state index in [2.05, 4.69) is 42.4 Å². The molecule has 30 nitrogen and oxygen atoms in total. The number of aliphatic hydroxyl groups excluding tert-OH is 4. The zero-order valence-corrected chi connectivity index (χ0v) is 68.2. The first-order chi connectivity index (χ1) is 56.3. The van der Waals surface area contributed by atoms with Gasteiger partial charge in [-0.1, -0.05) is 108 Å². The predicted octanol–water partition coefficient (Wildman–Crippen LogP) is 5.89. The number of Topliss-reactive ketones (excluding diaryl/α,β-unsaturated/α-hetero) is 2. The van der Waals surface area contributed by atoms with Gasteiger partial charge >= 0.3 is 11.9 Å². The van der Waals surface area contributed by atoms with Gasteiger partial charge in [-0.05, 0) is 143 Å². The average Bonchev–Trinajstić information content (AvgIpc) is 0.821. The molecule has 4 aliphatic rings. The van der Waals surface area contributed by atoms with E-state index in [1.54, 1.807) is 90.1 Å². The molecule has 0 radical (unpaired) electrons. The van der Waals surface area contributed by atoms with Crippen molar-refractivity contribution in [2.75, 3.05) is 18.4 Å². The highest BCUT2D eigenvalue weighted by Crippen LogP contribution is 2.30. The molecule has 0 spiro atoms. The van der Waals surface area contributed by atoms with Gasteiger partial charge in [-0.15, -0.1) is 0 Å². The number of allylic oxidation sites excluding steroid dienone is 7. The molecule has 34 heteroatoms. The summed E-state index contributed by atoms with van der Waals surface area (Å²) in [5.74, 6) is -20.4. The topological polar surface area (TPSA) is 448 Å². The monoisotopic (exact) mass is 1670 g/mol. The van der Waals surface area contributed by atoms with E-state index in [4.69, 9.17) is 9.47 Å². The Morgan fingerprint density at radius 3 is 1.39 bits per heavy atom. The van der Waals surface area contributed by atoms with Gasteiger partial charge in [0.1, 0.15) is 72.1 Å². The second kappa shape index (κ2) is 47.0. The number of esters is 2. The third-order valence-electron chi connectivity index (χ3n) is 20.7. The van der Waals surface area contributed by atoms with Crippen molar-refractivity contribution in [3.8, 4) is 11.5 Å². The zero-order valence-electron chi connectivity index (χ0n) is 68.2. The smallest absolute Gasteiger partial charge is 0.325 e. The van der Waals surface area contributed by atoms with Gasteiger partial charge in [0, 0.05) is 75.7 Å². The molecule has 2 fully saturated rings. The highest BCUT2D eigenvalue weighted by molar-refractivity contribution is 5.99. The number of phenols is 2. The van der Waals surface area contributed by atoms with Crippen LogP contribution in [0.4, 0.5) is 23.4 Å². The fraction of sp³-hybridized carbons (Fsp3) is 0.494. The van der Waals surface area contributed by atoms with Gasteiger partial charge in [0.25, 0.3) is 11.8 Å². The lowest BCUT2D eigenvalue weighted by molar-refractivity contribution is -0.157. The van der Waals surface area contributed by atoms with E-state index in [0.29, 0.717) is 36.1 Å². The first-order valence-electron chi connectivity index (χ1n) is 39.5. The number of hydrazine groups is 2. The van der Waals surface area contributed by atoms with Gasteiger partial charge < -0.3 is 76.3 Å². The number of amides is 7. The van der Waals surface area contributed by atoms with Crippen LogP contribution in [0.15, 0.2) is 133 Å². The minimum atomic E-state index is -1.53. The fourth-order valence-electron chi connectivity index (χ4n) is 13.4. The van der Waals surface area contributed by atoms with E-state index in [9.17, 15) is 106 Å². The normalized spacial score (nSPS) is 28.0. The van der Waals surface area contributed by atoms with Crippen molar-refractivity contribution in [2.45, 2.75) is 219 Å². The molecule has 648 valence electrons. The number of phenolic OH excluding ortho intramolecular Hbond substituents is 2. The lowest BCUT2D eigenvalue weighted by atomic mass is 9.84. The summed E-state index contributed by atoms with van der Waals surface area (Å²) in [6, 6.07) is 0.612. The standard InChI is InChI=1S/C46H58F2N6O10.C39H52F2N4O10/c1-26(2)41-44(61)50-34(24-30-23-32(47)40(48)36(57)25-30)45(62)54-22-12-14-33(53-54)46(63)64-37(27(3)13-11-18-39(58)51-38-17-9-10-21-49-38)16-8-6-7-15-35(56)29(5)42(59)31(43(60)52-41)20-19-28(4)55;1-21(2)34-37(52)42-29(19-25-18-27(40)33(41)31(49)20-25)38(53)45-16-9-10-28(44-45)39(54)55-32(22(3)15-17-46)12-8-6-7-11-30(48)24(5)35(50)26(36(51)43-34)14-13-23(4)47/h6-11,13,15,17-18,21,23,25-26,29,31,33-35,37,41-42,53,56-57,59H,12,14,16,19-20,22,24H2,1-5H3,(H,50,61)(H,52,60)(H,49,51,58);6-8,11,15,17-18,20-21,24,26,28-30,32,34-35,44,48-50H,9-10,12-14,16,19H2,1-5H3,(H,42,52)(H,43,51)/b8-6+,15-7+,18-11+,27-13+;8-6+,11-7+,22-15+/t29-,31+,33?,34-,35-,37-,41-,42+;24-,26+,28?,29-,30-,32-,34-,35+/m00/s1. The number of aromatic nitrogens is 1. The first kappa shape index (κ1) is 96.9. The number of nitrogens with zero attached hydrogens (tertiary/aromatic N) is 3. The van der Waals surface area contributed by atoms with E-state index in [1.807, 2.05) is 0 Å². The molecule has 2 aromatic carbocycles. The van der Waals surface area contributed by atoms with Crippen LogP contribution in [0.25, 0.3) is 0 Å². The maximum absolute atomic E-state index is 14.5. The van der Waals surface area contributed by atoms with Gasteiger partial charge in [0.15, 0.2) is 34.8 Å². The number of cyclic esters (lactones) is 2. The van der Waals surface area contributed by atoms with E-state index < -0.39 is 209 Å². The molecule has 2 unspecified atom stereocenters. The third kappa shape index (κ3) is 29.5. The van der Waals surface area contributed by atoms with Gasteiger partial charge in [0.05, 0.1) is 36.3 Å². The maximum atomic E-state index is 14.5. The van der Waals surface area contributed by atoms with Gasteiger partial charge in [-0.2, -0.15) is 8.78 Å². The van der Waals surface area contributed by atoms with E-state index in [1.165, 1.54) is 76.4 Å². The van der Waals surface area contributed by atoms with Crippen LogP contribution in [0.2, 0.25) is 0 Å². The molecular formula is C85H110F4N10O20. The predicted molar refractivity (Wildman–Crippen MR) is 427 cm³/mol. The van der Waals surface area contributed by atoms with Crippen molar-refractivity contribution in [3.05, 3.63) is 167 Å². The quantitative estimate of drug-likeness (QED) is 0.0232. The molecule has 7 rings (SSSR count). The van der Waals surface area contributed by atoms with E-state index in [0.717, 1.165) is 34.3 Å². The van der Waals surface area contributed by atoms with E-state index >= 15 is 0 Å². The van der Waals surface area contributed by atoms with Gasteiger partial charge in [-0.3, -0.25) is 58.0 Å². The molecule has 0 aliphatic carbocycles. The number of pyridine rings is 1. The van der Waals surface area contributed by atoms with Crippen LogP contribution in [-0.2, 0) is 79.8 Å². The number of anilines is 1. The van der Waals surface area contributed by atoms with Crippen molar-refractivity contribution >= 4 is 77.0 Å². The number of carbonyl (C=O) groups excluding carboxylic acids is 12. The van der Waals surface area contributed by atoms with Crippen LogP contribution < -0.4 is 37.4 Å². The van der Waals surface area contributed by atoms with Crippen molar-refractivity contribution in [1.29, 1.82) is 0 Å². The Bertz CT molecular complexity index is 4260. The van der Waals surface area contributed by atoms with Crippen molar-refractivity contribution in [3.63, 3.8) is 0 Å². The SMILES string of the molecule is CC(=O)CC[C@H]1C(=O)N[C@@H](C(C)C)C(=O)N[C@@H](Cc2cc(O)c(F)c(F)c2)C(=O)N2CCCC(N2)C(=O)O[C@H](/C(C)=C/C=C/C(=O)Nc2ccccn2)C/C=C/C=C/[C@H](O)[C@H](C)[C@H]1O.CC(=O)CC[C@H]1C(=O)N[C@@H](C(C)C)C(=O)N[C@@H](Cc2cc(O)c(F)c(F)c2)C(=O)N2CCCC(N2)C(=O)O[C@H](/C(C)=C/C=O)C/C=C/C=C/[C@H](O)[C@H](C)[C@H]1O. The summed E-state index contributed by atoms with van der Waals surface area (Å²) < 4.78 is 68.7. The molecule has 16 atom stereocenters. The summed E-state index contributed by atoms with van der Waals surface area (Å²) >= 11 is 0. The average molecular weight is 1670 g/mol. The number of aromatic hydroxyl groups is 2. The Kier molecular flexibility index (Phi) is 38.3. The lowest BCUT2D eigenvalue weighted by Gasteiger charge is -2.36. The number of rotatable bonds is 18. The van der Waals surface area contributed by atoms with Gasteiger partial charge in [0.2, 0.25) is 29.5 Å². The van der Waals surface area contributed by atoms with Crippen molar-refractivity contribution in [1.82, 2.24) is 47.1 Å². The number of aliphatic hydroxyl groups is 4. The molecular weight excluding hydrogens is 1560 g/mol. The molecule has 119 heavy (non-hydrogen) atoms. The molecule has 13 N–H and O–H groups in total.